The molecule has 0 saturated carbocycles. The molecule has 5 nitrogen and oxygen atoms in total. The number of nitrogens with one attached hydrogen (secondary N) is 1. The van der Waals surface area contributed by atoms with Crippen LogP contribution in [0.15, 0.2) is 60.9 Å². The summed E-state index contributed by atoms with van der Waals surface area (Å²) in [6.45, 7) is -0.242. The van der Waals surface area contributed by atoms with E-state index >= 15 is 0 Å². The number of hydrogen-bond donors (Lipinski definition) is 1. The number of aryl methyl sites for hydroxylation is 1. The van der Waals surface area contributed by atoms with Gasteiger partial charge in [-0.2, -0.15) is 0 Å². The fraction of sp³-hybridized carbons (Fsp3) is 0.158. The Hall–Kier alpha value is -3.22. The summed E-state index contributed by atoms with van der Waals surface area (Å²) < 4.78 is 33.2. The summed E-state index contributed by atoms with van der Waals surface area (Å²) in [6, 6.07) is 10.7. The first-order valence-electron chi connectivity index (χ1n) is 7.93. The van der Waals surface area contributed by atoms with E-state index in [4.69, 9.17) is 4.74 Å². The highest BCUT2D eigenvalue weighted by atomic mass is 19.1. The van der Waals surface area contributed by atoms with Gasteiger partial charge in [-0.1, -0.05) is 12.1 Å². The lowest BCUT2D eigenvalue weighted by Crippen LogP contribution is -2.34. The Bertz CT molecular complexity index is 877. The number of benzene rings is 2. The Labute approximate surface area is 149 Å². The van der Waals surface area contributed by atoms with Crippen LogP contribution in [0.4, 0.5) is 8.78 Å². The summed E-state index contributed by atoms with van der Waals surface area (Å²) in [5, 5.41) is 2.83. The number of nitrogens with zero attached hydrogens (tertiary/aromatic N) is 2. The highest BCUT2D eigenvalue weighted by molar-refractivity contribution is 5.78. The molecule has 0 bridgehead atoms. The Morgan fingerprint density at radius 2 is 1.73 bits per heavy atom. The smallest absolute Gasteiger partial charge is 0.258 e. The molecule has 7 heteroatoms. The Morgan fingerprint density at radius 3 is 2.31 bits per heavy atom. The summed E-state index contributed by atoms with van der Waals surface area (Å²) in [5.74, 6) is -0.137. The molecule has 1 atom stereocenters. The molecule has 1 aromatic heterocycles. The maximum Gasteiger partial charge on any atom is 0.258 e. The molecule has 0 unspecified atom stereocenters. The van der Waals surface area contributed by atoms with Crippen molar-refractivity contribution in [3.63, 3.8) is 0 Å². The summed E-state index contributed by atoms with van der Waals surface area (Å²) >= 11 is 0. The summed E-state index contributed by atoms with van der Waals surface area (Å²) in [4.78, 5) is 16.6. The van der Waals surface area contributed by atoms with Gasteiger partial charge < -0.3 is 14.6 Å². The fourth-order valence-corrected chi connectivity index (χ4v) is 2.49. The first-order valence-corrected chi connectivity index (χ1v) is 7.93. The van der Waals surface area contributed by atoms with E-state index in [-0.39, 0.29) is 24.1 Å². The van der Waals surface area contributed by atoms with Crippen LogP contribution in [0.25, 0.3) is 0 Å². The molecule has 0 aliphatic carbocycles. The van der Waals surface area contributed by atoms with Gasteiger partial charge in [0.05, 0.1) is 0 Å². The van der Waals surface area contributed by atoms with E-state index in [1.807, 2.05) is 0 Å². The quantitative estimate of drug-likeness (QED) is 0.738. The molecule has 26 heavy (non-hydrogen) atoms. The van der Waals surface area contributed by atoms with Gasteiger partial charge >= 0.3 is 0 Å². The maximum absolute atomic E-state index is 13.2. The van der Waals surface area contributed by atoms with Gasteiger partial charge in [0.25, 0.3) is 5.91 Å². The lowest BCUT2D eigenvalue weighted by molar-refractivity contribution is -0.123. The van der Waals surface area contributed by atoms with Gasteiger partial charge in [0.15, 0.2) is 6.61 Å². The van der Waals surface area contributed by atoms with Gasteiger partial charge in [-0.05, 0) is 42.0 Å². The number of imidazole rings is 1. The van der Waals surface area contributed by atoms with Crippen LogP contribution in [0.1, 0.15) is 17.4 Å². The lowest BCUT2D eigenvalue weighted by atomic mass is 10.1. The highest BCUT2D eigenvalue weighted by Crippen LogP contribution is 2.21. The van der Waals surface area contributed by atoms with E-state index in [2.05, 4.69) is 10.3 Å². The van der Waals surface area contributed by atoms with Gasteiger partial charge in [0, 0.05) is 19.4 Å². The predicted molar refractivity (Wildman–Crippen MR) is 91.5 cm³/mol. The van der Waals surface area contributed by atoms with E-state index in [0.717, 1.165) is 0 Å². The maximum atomic E-state index is 13.2. The monoisotopic (exact) mass is 357 g/mol. The predicted octanol–water partition coefficient (Wildman–Crippen LogP) is 2.98. The van der Waals surface area contributed by atoms with Crippen molar-refractivity contribution in [2.45, 2.75) is 6.04 Å². The van der Waals surface area contributed by atoms with E-state index < -0.39 is 6.04 Å². The summed E-state index contributed by atoms with van der Waals surface area (Å²) in [5.41, 5.74) is 0.691. The SMILES string of the molecule is Cn1ccnc1[C@H](NC(=O)COc1ccc(F)cc1)c1ccc(F)cc1. The minimum Gasteiger partial charge on any atom is -0.484 e. The Balaban J connectivity index is 1.73. The van der Waals surface area contributed by atoms with E-state index in [9.17, 15) is 13.6 Å². The van der Waals surface area contributed by atoms with Crippen LogP contribution in [-0.2, 0) is 11.8 Å². The summed E-state index contributed by atoms with van der Waals surface area (Å²) in [7, 11) is 1.81. The van der Waals surface area contributed by atoms with Crippen molar-refractivity contribution in [3.05, 3.63) is 83.9 Å². The molecular formula is C19H17F2N3O2. The number of hydrogen-bond acceptors (Lipinski definition) is 3. The van der Waals surface area contributed by atoms with Crippen LogP contribution in [0.2, 0.25) is 0 Å². The second-order valence-electron chi connectivity index (χ2n) is 5.69. The normalized spacial score (nSPS) is 11.8. The molecule has 0 aliphatic rings. The largest absolute Gasteiger partial charge is 0.484 e. The van der Waals surface area contributed by atoms with Crippen molar-refractivity contribution in [2.75, 3.05) is 6.61 Å². The fourth-order valence-electron chi connectivity index (χ4n) is 2.49. The number of aromatic nitrogens is 2. The van der Waals surface area contributed by atoms with Gasteiger partial charge in [0.2, 0.25) is 0 Å². The molecule has 1 N–H and O–H groups in total. The first kappa shape index (κ1) is 17.6. The lowest BCUT2D eigenvalue weighted by Gasteiger charge is -2.19. The molecule has 0 fully saturated rings. The van der Waals surface area contributed by atoms with Crippen molar-refractivity contribution in [1.82, 2.24) is 14.9 Å². The van der Waals surface area contributed by atoms with Gasteiger partial charge in [-0.15, -0.1) is 0 Å². The topological polar surface area (TPSA) is 56.2 Å². The standard InChI is InChI=1S/C19H17F2N3O2/c1-24-11-10-22-19(24)18(13-2-4-14(20)5-3-13)23-17(25)12-26-16-8-6-15(21)7-9-16/h2-11,18H,12H2,1H3,(H,23,25)/t18-/m1/s1. The molecular weight excluding hydrogens is 340 g/mol. The van der Waals surface area contributed by atoms with Gasteiger partial charge in [-0.25, -0.2) is 13.8 Å². The second kappa shape index (κ2) is 7.77. The first-order chi connectivity index (χ1) is 12.5. The molecule has 134 valence electrons. The van der Waals surface area contributed by atoms with Crippen LogP contribution in [0.5, 0.6) is 5.75 Å². The van der Waals surface area contributed by atoms with Gasteiger partial charge in [0.1, 0.15) is 29.3 Å². The van der Waals surface area contributed by atoms with Crippen molar-refractivity contribution < 1.29 is 18.3 Å². The van der Waals surface area contributed by atoms with Crippen molar-refractivity contribution in [2.24, 2.45) is 7.05 Å². The van der Waals surface area contributed by atoms with Crippen LogP contribution in [0, 0.1) is 11.6 Å². The van der Waals surface area contributed by atoms with Gasteiger partial charge in [-0.3, -0.25) is 4.79 Å². The molecule has 3 aromatic rings. The molecule has 0 radical (unpaired) electrons. The molecule has 3 rings (SSSR count). The highest BCUT2D eigenvalue weighted by Gasteiger charge is 2.21. The molecule has 0 saturated heterocycles. The Kier molecular flexibility index (Phi) is 5.26. The number of ether oxygens (including phenoxy) is 1. The third-order valence-corrected chi connectivity index (χ3v) is 3.81. The van der Waals surface area contributed by atoms with E-state index in [0.29, 0.717) is 17.1 Å². The minimum atomic E-state index is -0.556. The number of amides is 1. The molecule has 1 amide bonds. The van der Waals surface area contributed by atoms with E-state index in [1.165, 1.54) is 36.4 Å². The second-order valence-corrected chi connectivity index (χ2v) is 5.69. The Morgan fingerprint density at radius 1 is 1.12 bits per heavy atom. The zero-order chi connectivity index (χ0) is 18.5. The van der Waals surface area contributed by atoms with Crippen molar-refractivity contribution in [1.29, 1.82) is 0 Å². The van der Waals surface area contributed by atoms with E-state index in [1.54, 1.807) is 36.1 Å². The average molecular weight is 357 g/mol. The molecule has 0 aliphatic heterocycles. The van der Waals surface area contributed by atoms with Crippen LogP contribution in [0.3, 0.4) is 0 Å². The third-order valence-electron chi connectivity index (χ3n) is 3.81. The van der Waals surface area contributed by atoms with Crippen molar-refractivity contribution >= 4 is 5.91 Å². The molecule has 1 heterocycles. The average Bonchev–Trinajstić information content (AvgIpc) is 3.06. The third kappa shape index (κ3) is 4.24. The van der Waals surface area contributed by atoms with Crippen molar-refractivity contribution in [3.8, 4) is 5.75 Å². The number of rotatable bonds is 6. The molecule has 0 spiro atoms. The number of carbonyl (C=O) groups excluding carboxylic acids is 1. The number of halogens is 2. The zero-order valence-electron chi connectivity index (χ0n) is 14.0. The summed E-state index contributed by atoms with van der Waals surface area (Å²) in [6.07, 6.45) is 3.38. The van der Waals surface area contributed by atoms with Crippen LogP contribution < -0.4 is 10.1 Å². The van der Waals surface area contributed by atoms with Crippen LogP contribution >= 0.6 is 0 Å². The molecule has 2 aromatic carbocycles. The zero-order valence-corrected chi connectivity index (χ0v) is 14.0. The number of carbonyl (C=O) groups is 1. The van der Waals surface area contributed by atoms with Crippen LogP contribution in [-0.4, -0.2) is 22.1 Å². The minimum absolute atomic E-state index is 0.242.